The Morgan fingerprint density at radius 3 is 2.35 bits per heavy atom. The van der Waals surface area contributed by atoms with Crippen molar-refractivity contribution in [1.82, 2.24) is 4.98 Å². The van der Waals surface area contributed by atoms with Gasteiger partial charge in [0.2, 0.25) is 0 Å². The van der Waals surface area contributed by atoms with Gasteiger partial charge in [0.15, 0.2) is 11.5 Å². The van der Waals surface area contributed by atoms with Gasteiger partial charge in [-0.2, -0.15) is 0 Å². The second kappa shape index (κ2) is 8.02. The molecule has 1 aromatic heterocycles. The number of pyridine rings is 1. The van der Waals surface area contributed by atoms with Crippen LogP contribution in [0.4, 0.5) is 17.1 Å². The monoisotopic (exact) mass is 349 g/mol. The van der Waals surface area contributed by atoms with Crippen molar-refractivity contribution in [3.05, 3.63) is 72.6 Å². The molecule has 0 atom stereocenters. The third-order valence-electron chi connectivity index (χ3n) is 3.70. The van der Waals surface area contributed by atoms with Gasteiger partial charge in [-0.05, 0) is 36.4 Å². The van der Waals surface area contributed by atoms with Crippen LogP contribution in [0.2, 0.25) is 0 Å². The van der Waals surface area contributed by atoms with Crippen LogP contribution in [0.15, 0.2) is 66.9 Å². The van der Waals surface area contributed by atoms with Gasteiger partial charge in [-0.25, -0.2) is 0 Å². The molecule has 0 saturated heterocycles. The van der Waals surface area contributed by atoms with Crippen molar-refractivity contribution in [2.75, 3.05) is 24.9 Å². The number of carbonyl (C=O) groups is 1. The van der Waals surface area contributed by atoms with Crippen molar-refractivity contribution in [3.8, 4) is 11.5 Å². The fourth-order valence-electron chi connectivity index (χ4n) is 2.43. The lowest BCUT2D eigenvalue weighted by atomic mass is 10.2. The highest BCUT2D eigenvalue weighted by Gasteiger charge is 2.11. The first-order chi connectivity index (χ1) is 12.7. The highest BCUT2D eigenvalue weighted by atomic mass is 16.5. The van der Waals surface area contributed by atoms with E-state index in [1.165, 1.54) is 0 Å². The Bertz CT molecular complexity index is 898. The minimum absolute atomic E-state index is 0.306. The van der Waals surface area contributed by atoms with E-state index >= 15 is 0 Å². The van der Waals surface area contributed by atoms with E-state index in [0.717, 1.165) is 11.4 Å². The molecule has 1 heterocycles. The SMILES string of the molecule is COc1ccc(NC(=O)c2cc(Nc3ccccc3)ccn2)cc1OC. The number of rotatable bonds is 6. The third-order valence-corrected chi connectivity index (χ3v) is 3.70. The number of nitrogens with one attached hydrogen (secondary N) is 2. The molecule has 0 saturated carbocycles. The summed E-state index contributed by atoms with van der Waals surface area (Å²) in [5.41, 5.74) is 2.62. The topological polar surface area (TPSA) is 72.5 Å². The van der Waals surface area contributed by atoms with E-state index in [9.17, 15) is 4.79 Å². The predicted octanol–water partition coefficient (Wildman–Crippen LogP) is 4.09. The minimum Gasteiger partial charge on any atom is -0.493 e. The van der Waals surface area contributed by atoms with E-state index in [-0.39, 0.29) is 5.91 Å². The number of amides is 1. The highest BCUT2D eigenvalue weighted by Crippen LogP contribution is 2.30. The zero-order valence-electron chi connectivity index (χ0n) is 14.5. The number of ether oxygens (including phenoxy) is 2. The average molecular weight is 349 g/mol. The molecule has 0 aliphatic carbocycles. The predicted molar refractivity (Wildman–Crippen MR) is 101 cm³/mol. The van der Waals surface area contributed by atoms with E-state index < -0.39 is 0 Å². The fraction of sp³-hybridized carbons (Fsp3) is 0.100. The summed E-state index contributed by atoms with van der Waals surface area (Å²) in [6.45, 7) is 0. The van der Waals surface area contributed by atoms with Crippen molar-refractivity contribution in [2.24, 2.45) is 0 Å². The molecule has 3 rings (SSSR count). The summed E-state index contributed by atoms with van der Waals surface area (Å²) in [6, 6.07) is 18.4. The Labute approximate surface area is 151 Å². The number of para-hydroxylation sites is 1. The van der Waals surface area contributed by atoms with Gasteiger partial charge in [0.05, 0.1) is 14.2 Å². The van der Waals surface area contributed by atoms with Gasteiger partial charge >= 0.3 is 0 Å². The normalized spacial score (nSPS) is 10.1. The number of methoxy groups -OCH3 is 2. The molecule has 6 heteroatoms. The van der Waals surface area contributed by atoms with Gasteiger partial charge < -0.3 is 20.1 Å². The molecule has 0 unspecified atom stereocenters. The highest BCUT2D eigenvalue weighted by molar-refractivity contribution is 6.03. The maximum Gasteiger partial charge on any atom is 0.274 e. The van der Waals surface area contributed by atoms with Crippen LogP contribution in [-0.2, 0) is 0 Å². The van der Waals surface area contributed by atoms with Crippen LogP contribution >= 0.6 is 0 Å². The summed E-state index contributed by atoms with van der Waals surface area (Å²) >= 11 is 0. The molecule has 2 N–H and O–H groups in total. The fourth-order valence-corrected chi connectivity index (χ4v) is 2.43. The summed E-state index contributed by atoms with van der Waals surface area (Å²) in [4.78, 5) is 16.6. The molecule has 0 aliphatic heterocycles. The molecule has 0 radical (unpaired) electrons. The molecule has 2 aromatic carbocycles. The van der Waals surface area contributed by atoms with Gasteiger partial charge in [-0.15, -0.1) is 0 Å². The molecule has 0 fully saturated rings. The number of nitrogens with zero attached hydrogens (tertiary/aromatic N) is 1. The average Bonchev–Trinajstić information content (AvgIpc) is 2.69. The van der Waals surface area contributed by atoms with Crippen molar-refractivity contribution < 1.29 is 14.3 Å². The maximum absolute atomic E-state index is 12.5. The van der Waals surface area contributed by atoms with Gasteiger partial charge in [0.25, 0.3) is 5.91 Å². The van der Waals surface area contributed by atoms with Crippen molar-refractivity contribution in [2.45, 2.75) is 0 Å². The molecule has 3 aromatic rings. The summed E-state index contributed by atoms with van der Waals surface area (Å²) in [6.07, 6.45) is 1.59. The van der Waals surface area contributed by atoms with E-state index in [0.29, 0.717) is 22.9 Å². The molecule has 0 spiro atoms. The molecule has 26 heavy (non-hydrogen) atoms. The Balaban J connectivity index is 1.75. The first kappa shape index (κ1) is 17.3. The maximum atomic E-state index is 12.5. The lowest BCUT2D eigenvalue weighted by Crippen LogP contribution is -2.14. The first-order valence-corrected chi connectivity index (χ1v) is 8.01. The van der Waals surface area contributed by atoms with Crippen molar-refractivity contribution >= 4 is 23.0 Å². The van der Waals surface area contributed by atoms with Crippen molar-refractivity contribution in [1.29, 1.82) is 0 Å². The Morgan fingerprint density at radius 1 is 0.846 bits per heavy atom. The lowest BCUT2D eigenvalue weighted by molar-refractivity contribution is 0.102. The Morgan fingerprint density at radius 2 is 1.62 bits per heavy atom. The van der Waals surface area contributed by atoms with E-state index in [1.54, 1.807) is 50.7 Å². The van der Waals surface area contributed by atoms with E-state index in [1.807, 2.05) is 30.3 Å². The van der Waals surface area contributed by atoms with Crippen LogP contribution in [-0.4, -0.2) is 25.1 Å². The van der Waals surface area contributed by atoms with Crippen LogP contribution < -0.4 is 20.1 Å². The summed E-state index contributed by atoms with van der Waals surface area (Å²) in [5, 5.41) is 6.05. The third kappa shape index (κ3) is 4.10. The molecule has 6 nitrogen and oxygen atoms in total. The second-order valence-electron chi connectivity index (χ2n) is 5.44. The minimum atomic E-state index is -0.311. The van der Waals surface area contributed by atoms with Crippen LogP contribution in [0, 0.1) is 0 Å². The van der Waals surface area contributed by atoms with Crippen LogP contribution in [0.25, 0.3) is 0 Å². The van der Waals surface area contributed by atoms with Crippen LogP contribution in [0.1, 0.15) is 10.5 Å². The van der Waals surface area contributed by atoms with E-state index in [2.05, 4.69) is 15.6 Å². The zero-order chi connectivity index (χ0) is 18.4. The summed E-state index contributed by atoms with van der Waals surface area (Å²) in [5.74, 6) is 0.823. The lowest BCUT2D eigenvalue weighted by Gasteiger charge is -2.11. The summed E-state index contributed by atoms with van der Waals surface area (Å²) < 4.78 is 10.4. The quantitative estimate of drug-likeness (QED) is 0.701. The first-order valence-electron chi connectivity index (χ1n) is 8.01. The number of carbonyl (C=O) groups excluding carboxylic acids is 1. The largest absolute Gasteiger partial charge is 0.493 e. The van der Waals surface area contributed by atoms with Crippen LogP contribution in [0.3, 0.4) is 0 Å². The van der Waals surface area contributed by atoms with Gasteiger partial charge in [0.1, 0.15) is 5.69 Å². The number of aromatic nitrogens is 1. The zero-order valence-corrected chi connectivity index (χ0v) is 14.5. The van der Waals surface area contributed by atoms with Crippen LogP contribution in [0.5, 0.6) is 11.5 Å². The number of anilines is 3. The molecule has 0 bridgehead atoms. The number of hydrogen-bond acceptors (Lipinski definition) is 5. The summed E-state index contributed by atoms with van der Waals surface area (Å²) in [7, 11) is 3.11. The van der Waals surface area contributed by atoms with E-state index in [4.69, 9.17) is 9.47 Å². The Kier molecular flexibility index (Phi) is 5.34. The van der Waals surface area contributed by atoms with Crippen molar-refractivity contribution in [3.63, 3.8) is 0 Å². The molecule has 1 amide bonds. The smallest absolute Gasteiger partial charge is 0.274 e. The standard InChI is InChI=1S/C20H19N3O3/c1-25-18-9-8-15(13-19(18)26-2)23-20(24)17-12-16(10-11-21-17)22-14-6-4-3-5-7-14/h3-13H,1-2H3,(H,21,22)(H,23,24). The molecular weight excluding hydrogens is 330 g/mol. The molecule has 0 aliphatic rings. The Hall–Kier alpha value is -3.54. The molecule has 132 valence electrons. The molecular formula is C20H19N3O3. The number of benzene rings is 2. The number of hydrogen-bond donors (Lipinski definition) is 2. The van der Waals surface area contributed by atoms with Gasteiger partial charge in [0, 0.05) is 29.3 Å². The van der Waals surface area contributed by atoms with Gasteiger partial charge in [-0.1, -0.05) is 18.2 Å². The second-order valence-corrected chi connectivity index (χ2v) is 5.44. The van der Waals surface area contributed by atoms with Gasteiger partial charge in [-0.3, -0.25) is 9.78 Å².